The number of rotatable bonds is 4. The van der Waals surface area contributed by atoms with Crippen molar-refractivity contribution in [2.45, 2.75) is 6.42 Å². The minimum Gasteiger partial charge on any atom is -0.382 e. The molecular weight excluding hydrogens is 291 g/mol. The second-order valence-electron chi connectivity index (χ2n) is 3.78. The Hall–Kier alpha value is -0.960. The van der Waals surface area contributed by atoms with Crippen LogP contribution in [0.1, 0.15) is 5.56 Å². The highest BCUT2D eigenvalue weighted by atomic mass is 35.5. The Bertz CT molecular complexity index is 506. The Morgan fingerprint density at radius 2 is 1.61 bits per heavy atom. The fraction of sp³-hybridized carbons (Fsp3) is 0.154. The van der Waals surface area contributed by atoms with Crippen LogP contribution in [-0.2, 0) is 6.42 Å². The van der Waals surface area contributed by atoms with Crippen LogP contribution in [-0.4, -0.2) is 11.5 Å². The van der Waals surface area contributed by atoms with E-state index in [0.29, 0.717) is 15.1 Å². The molecule has 0 amide bonds. The van der Waals surface area contributed by atoms with E-state index >= 15 is 0 Å². The Labute approximate surface area is 121 Å². The third kappa shape index (κ3) is 3.52. The zero-order valence-corrected chi connectivity index (χ0v) is 11.7. The molecule has 2 nitrogen and oxygen atoms in total. The van der Waals surface area contributed by atoms with Gasteiger partial charge in [-0.15, -0.1) is 0 Å². The molecule has 0 atom stereocenters. The standard InChI is InChI=1S/C13H11Cl3N2/c14-10-7-11(15)13(12(16)8-10)18-6-3-9-1-4-17-5-2-9/h1-2,4-5,7-8,18H,3,6H2. The summed E-state index contributed by atoms with van der Waals surface area (Å²) in [6.07, 6.45) is 4.42. The van der Waals surface area contributed by atoms with Gasteiger partial charge in [-0.2, -0.15) is 0 Å². The van der Waals surface area contributed by atoms with Crippen molar-refractivity contribution in [3.8, 4) is 0 Å². The number of anilines is 1. The maximum Gasteiger partial charge on any atom is 0.0720 e. The first-order valence-corrected chi connectivity index (χ1v) is 6.57. The van der Waals surface area contributed by atoms with Crippen LogP contribution in [0.5, 0.6) is 0 Å². The SMILES string of the molecule is Clc1cc(Cl)c(NCCc2ccncc2)c(Cl)c1. The predicted molar refractivity (Wildman–Crippen MR) is 77.9 cm³/mol. The van der Waals surface area contributed by atoms with Crippen LogP contribution in [0.3, 0.4) is 0 Å². The highest BCUT2D eigenvalue weighted by Crippen LogP contribution is 2.33. The van der Waals surface area contributed by atoms with Gasteiger partial charge in [0.25, 0.3) is 0 Å². The van der Waals surface area contributed by atoms with Crippen molar-refractivity contribution >= 4 is 40.5 Å². The monoisotopic (exact) mass is 300 g/mol. The predicted octanol–water partition coefficient (Wildman–Crippen LogP) is 4.70. The molecule has 0 aliphatic heterocycles. The molecule has 2 aromatic rings. The summed E-state index contributed by atoms with van der Waals surface area (Å²) in [5.41, 5.74) is 1.93. The molecule has 94 valence electrons. The molecule has 1 N–H and O–H groups in total. The van der Waals surface area contributed by atoms with Crippen molar-refractivity contribution in [3.63, 3.8) is 0 Å². The molecule has 0 aliphatic rings. The fourth-order valence-electron chi connectivity index (χ4n) is 1.59. The Balaban J connectivity index is 1.99. The first-order chi connectivity index (χ1) is 8.66. The minimum atomic E-state index is 0.530. The average molecular weight is 302 g/mol. The lowest BCUT2D eigenvalue weighted by atomic mass is 10.2. The summed E-state index contributed by atoms with van der Waals surface area (Å²) in [6, 6.07) is 7.30. The van der Waals surface area contributed by atoms with E-state index in [2.05, 4.69) is 10.3 Å². The van der Waals surface area contributed by atoms with Crippen molar-refractivity contribution in [2.75, 3.05) is 11.9 Å². The van der Waals surface area contributed by atoms with Crippen molar-refractivity contribution in [1.82, 2.24) is 4.98 Å². The summed E-state index contributed by atoms with van der Waals surface area (Å²) in [7, 11) is 0. The van der Waals surface area contributed by atoms with E-state index in [1.807, 2.05) is 12.1 Å². The van der Waals surface area contributed by atoms with Gasteiger partial charge >= 0.3 is 0 Å². The van der Waals surface area contributed by atoms with Crippen molar-refractivity contribution in [2.24, 2.45) is 0 Å². The molecule has 0 saturated carbocycles. The molecule has 0 saturated heterocycles. The average Bonchev–Trinajstić information content (AvgIpc) is 2.34. The van der Waals surface area contributed by atoms with E-state index < -0.39 is 0 Å². The number of aromatic nitrogens is 1. The number of nitrogens with zero attached hydrogens (tertiary/aromatic N) is 1. The fourth-order valence-corrected chi connectivity index (χ4v) is 2.54. The molecule has 0 fully saturated rings. The summed E-state index contributed by atoms with van der Waals surface area (Å²) in [4.78, 5) is 3.97. The third-order valence-electron chi connectivity index (χ3n) is 2.47. The highest BCUT2D eigenvalue weighted by molar-refractivity contribution is 6.41. The number of benzene rings is 1. The number of halogens is 3. The van der Waals surface area contributed by atoms with Crippen molar-refractivity contribution in [3.05, 3.63) is 57.3 Å². The van der Waals surface area contributed by atoms with E-state index in [0.717, 1.165) is 18.7 Å². The molecule has 1 aromatic heterocycles. The second kappa shape index (κ2) is 6.28. The van der Waals surface area contributed by atoms with E-state index in [1.165, 1.54) is 5.56 Å². The molecular formula is C13H11Cl3N2. The van der Waals surface area contributed by atoms with Crippen molar-refractivity contribution in [1.29, 1.82) is 0 Å². The van der Waals surface area contributed by atoms with E-state index in [4.69, 9.17) is 34.8 Å². The van der Waals surface area contributed by atoms with E-state index in [1.54, 1.807) is 24.5 Å². The lowest BCUT2D eigenvalue weighted by molar-refractivity contribution is 1.01. The van der Waals surface area contributed by atoms with Crippen LogP contribution < -0.4 is 5.32 Å². The maximum absolute atomic E-state index is 6.08. The van der Waals surface area contributed by atoms with Crippen LogP contribution in [0.2, 0.25) is 15.1 Å². The summed E-state index contributed by atoms with van der Waals surface area (Å²) < 4.78 is 0. The molecule has 0 radical (unpaired) electrons. The van der Waals surface area contributed by atoms with Gasteiger partial charge in [0.1, 0.15) is 0 Å². The lowest BCUT2D eigenvalue weighted by Crippen LogP contribution is -2.05. The van der Waals surface area contributed by atoms with Crippen molar-refractivity contribution < 1.29 is 0 Å². The zero-order chi connectivity index (χ0) is 13.0. The minimum absolute atomic E-state index is 0.530. The summed E-state index contributed by atoms with van der Waals surface area (Å²) >= 11 is 18.0. The molecule has 1 aromatic carbocycles. The number of pyridine rings is 1. The van der Waals surface area contributed by atoms with E-state index in [9.17, 15) is 0 Å². The van der Waals surface area contributed by atoms with Crippen LogP contribution in [0.15, 0.2) is 36.7 Å². The summed E-state index contributed by atoms with van der Waals surface area (Å²) in [6.45, 7) is 0.741. The maximum atomic E-state index is 6.08. The first-order valence-electron chi connectivity index (χ1n) is 5.44. The van der Waals surface area contributed by atoms with Gasteiger partial charge in [0, 0.05) is 24.0 Å². The molecule has 1 heterocycles. The molecule has 0 unspecified atom stereocenters. The van der Waals surface area contributed by atoms with Gasteiger partial charge < -0.3 is 5.32 Å². The number of hydrogen-bond acceptors (Lipinski definition) is 2. The molecule has 0 aliphatic carbocycles. The van der Waals surface area contributed by atoms with Crippen LogP contribution in [0.25, 0.3) is 0 Å². The van der Waals surface area contributed by atoms with Gasteiger partial charge in [0.15, 0.2) is 0 Å². The number of hydrogen-bond donors (Lipinski definition) is 1. The van der Waals surface area contributed by atoms with Crippen LogP contribution >= 0.6 is 34.8 Å². The highest BCUT2D eigenvalue weighted by Gasteiger charge is 2.06. The second-order valence-corrected chi connectivity index (χ2v) is 5.03. The lowest BCUT2D eigenvalue weighted by Gasteiger charge is -2.10. The van der Waals surface area contributed by atoms with Gasteiger partial charge in [-0.05, 0) is 36.2 Å². The zero-order valence-electron chi connectivity index (χ0n) is 9.46. The Morgan fingerprint density at radius 3 is 2.22 bits per heavy atom. The topological polar surface area (TPSA) is 24.9 Å². The Kier molecular flexibility index (Phi) is 4.70. The smallest absolute Gasteiger partial charge is 0.0720 e. The van der Waals surface area contributed by atoms with Crippen LogP contribution in [0, 0.1) is 0 Å². The quantitative estimate of drug-likeness (QED) is 0.885. The van der Waals surface area contributed by atoms with Gasteiger partial charge in [-0.1, -0.05) is 34.8 Å². The molecule has 2 rings (SSSR count). The van der Waals surface area contributed by atoms with Gasteiger partial charge in [0.05, 0.1) is 15.7 Å². The Morgan fingerprint density at radius 1 is 1.00 bits per heavy atom. The normalized spacial score (nSPS) is 10.4. The summed E-state index contributed by atoms with van der Waals surface area (Å²) in [5.74, 6) is 0. The van der Waals surface area contributed by atoms with Crippen LogP contribution in [0.4, 0.5) is 5.69 Å². The largest absolute Gasteiger partial charge is 0.382 e. The molecule has 5 heteroatoms. The van der Waals surface area contributed by atoms with Gasteiger partial charge in [-0.25, -0.2) is 0 Å². The van der Waals surface area contributed by atoms with E-state index in [-0.39, 0.29) is 0 Å². The third-order valence-corrected chi connectivity index (χ3v) is 3.29. The van der Waals surface area contributed by atoms with Gasteiger partial charge in [-0.3, -0.25) is 4.98 Å². The molecule has 18 heavy (non-hydrogen) atoms. The number of nitrogens with one attached hydrogen (secondary N) is 1. The van der Waals surface area contributed by atoms with Gasteiger partial charge in [0.2, 0.25) is 0 Å². The first kappa shape index (κ1) is 13.5. The molecule has 0 bridgehead atoms. The summed E-state index contributed by atoms with van der Waals surface area (Å²) in [5, 5.41) is 4.81. The molecule has 0 spiro atoms.